The number of nitrogens with one attached hydrogen (secondary N) is 2. The van der Waals surface area contributed by atoms with E-state index in [4.69, 9.17) is 4.42 Å². The molecule has 1 aliphatic carbocycles. The summed E-state index contributed by atoms with van der Waals surface area (Å²) in [7, 11) is 0. The summed E-state index contributed by atoms with van der Waals surface area (Å²) in [4.78, 5) is 17.4. The molecule has 7 heteroatoms. The maximum atomic E-state index is 12.1. The summed E-state index contributed by atoms with van der Waals surface area (Å²) in [6.45, 7) is 0. The van der Waals surface area contributed by atoms with Crippen LogP contribution >= 0.6 is 11.3 Å². The van der Waals surface area contributed by atoms with Crippen LogP contribution in [0.1, 0.15) is 18.1 Å². The predicted molar refractivity (Wildman–Crippen MR) is 77.9 cm³/mol. The summed E-state index contributed by atoms with van der Waals surface area (Å²) in [6, 6.07) is 7.63. The zero-order chi connectivity index (χ0) is 14.2. The number of rotatable bonds is 4. The third-order valence-corrected chi connectivity index (χ3v) is 4.39. The van der Waals surface area contributed by atoms with E-state index in [1.165, 1.54) is 0 Å². The molecule has 3 aromatic heterocycles. The number of hydrogen-bond acceptors (Lipinski definition) is 5. The van der Waals surface area contributed by atoms with Crippen molar-refractivity contribution in [2.24, 2.45) is 5.92 Å². The Hall–Kier alpha value is -2.41. The minimum Gasteiger partial charge on any atom is -0.469 e. The molecule has 0 radical (unpaired) electrons. The highest BCUT2D eigenvalue weighted by Gasteiger charge is 2.46. The lowest BCUT2D eigenvalue weighted by molar-refractivity contribution is -0.117. The van der Waals surface area contributed by atoms with E-state index in [-0.39, 0.29) is 17.7 Å². The summed E-state index contributed by atoms with van der Waals surface area (Å²) in [5.74, 6) is 1.90. The van der Waals surface area contributed by atoms with Crippen LogP contribution in [0.3, 0.4) is 0 Å². The number of nitrogens with zero attached hydrogens (tertiary/aromatic N) is 2. The normalized spacial score (nSPS) is 20.4. The van der Waals surface area contributed by atoms with Gasteiger partial charge in [-0.3, -0.25) is 15.2 Å². The number of furan rings is 1. The largest absolute Gasteiger partial charge is 0.469 e. The molecule has 106 valence electrons. The number of amides is 1. The third kappa shape index (κ3) is 2.36. The molecule has 0 aliphatic heterocycles. The van der Waals surface area contributed by atoms with Gasteiger partial charge in [0.15, 0.2) is 5.82 Å². The third-order valence-electron chi connectivity index (χ3n) is 3.51. The van der Waals surface area contributed by atoms with E-state index in [1.807, 2.05) is 29.6 Å². The standard InChI is InChI=1S/C14H12N4O2S/c19-13(9-7-8(9)10-3-1-5-20-10)16-14-15-12(17-18-14)11-4-2-6-21-11/h1-6,8-9H,7H2,(H2,15,16,17,18,19)/t8-,9-/m0/s1. The summed E-state index contributed by atoms with van der Waals surface area (Å²) >= 11 is 1.57. The first-order valence-electron chi connectivity index (χ1n) is 6.62. The molecular weight excluding hydrogens is 288 g/mol. The monoisotopic (exact) mass is 300 g/mol. The van der Waals surface area contributed by atoms with E-state index in [0.29, 0.717) is 11.8 Å². The van der Waals surface area contributed by atoms with E-state index in [9.17, 15) is 4.79 Å². The highest BCUT2D eigenvalue weighted by molar-refractivity contribution is 7.13. The SMILES string of the molecule is O=C(Nc1n[nH]c(-c2cccs2)n1)[C@H]1C[C@@H]1c1ccco1. The maximum Gasteiger partial charge on any atom is 0.249 e. The molecule has 21 heavy (non-hydrogen) atoms. The smallest absolute Gasteiger partial charge is 0.249 e. The molecule has 0 aromatic carbocycles. The van der Waals surface area contributed by atoms with Crippen LogP contribution in [0.5, 0.6) is 0 Å². The van der Waals surface area contributed by atoms with Crippen molar-refractivity contribution in [3.05, 3.63) is 41.7 Å². The van der Waals surface area contributed by atoms with Crippen molar-refractivity contribution in [1.82, 2.24) is 15.2 Å². The molecule has 0 bridgehead atoms. The first-order chi connectivity index (χ1) is 10.3. The van der Waals surface area contributed by atoms with E-state index >= 15 is 0 Å². The van der Waals surface area contributed by atoms with Crippen LogP contribution in [-0.4, -0.2) is 21.1 Å². The predicted octanol–water partition coefficient (Wildman–Crippen LogP) is 2.87. The van der Waals surface area contributed by atoms with Gasteiger partial charge in [0.05, 0.1) is 11.1 Å². The number of carbonyl (C=O) groups is 1. The molecule has 6 nitrogen and oxygen atoms in total. The van der Waals surface area contributed by atoms with Crippen LogP contribution < -0.4 is 5.32 Å². The lowest BCUT2D eigenvalue weighted by atomic mass is 10.2. The van der Waals surface area contributed by atoms with Crippen LogP contribution in [0.25, 0.3) is 10.7 Å². The quantitative estimate of drug-likeness (QED) is 0.776. The van der Waals surface area contributed by atoms with Gasteiger partial charge in [-0.1, -0.05) is 6.07 Å². The van der Waals surface area contributed by atoms with Gasteiger partial charge in [0, 0.05) is 11.8 Å². The van der Waals surface area contributed by atoms with Crippen LogP contribution in [0.15, 0.2) is 40.3 Å². The minimum atomic E-state index is -0.0619. The van der Waals surface area contributed by atoms with Crippen molar-refractivity contribution in [2.45, 2.75) is 12.3 Å². The number of carbonyl (C=O) groups excluding carboxylic acids is 1. The molecule has 1 amide bonds. The van der Waals surface area contributed by atoms with Crippen LogP contribution in [-0.2, 0) is 4.79 Å². The van der Waals surface area contributed by atoms with Gasteiger partial charge in [-0.25, -0.2) is 0 Å². The van der Waals surface area contributed by atoms with Gasteiger partial charge in [0.2, 0.25) is 11.9 Å². The second kappa shape index (κ2) is 4.85. The van der Waals surface area contributed by atoms with Crippen molar-refractivity contribution in [1.29, 1.82) is 0 Å². The van der Waals surface area contributed by atoms with E-state index in [0.717, 1.165) is 17.1 Å². The Labute approximate surface area is 124 Å². The van der Waals surface area contributed by atoms with Crippen molar-refractivity contribution >= 4 is 23.2 Å². The topological polar surface area (TPSA) is 83.8 Å². The molecule has 1 saturated carbocycles. The molecule has 1 aliphatic rings. The molecule has 4 rings (SSSR count). The highest BCUT2D eigenvalue weighted by Crippen LogP contribution is 2.48. The van der Waals surface area contributed by atoms with Gasteiger partial charge in [0.25, 0.3) is 0 Å². The van der Waals surface area contributed by atoms with Crippen molar-refractivity contribution in [2.75, 3.05) is 5.32 Å². The average Bonchev–Trinajstić information content (AvgIpc) is 2.99. The molecular formula is C14H12N4O2S. The molecule has 3 heterocycles. The van der Waals surface area contributed by atoms with Gasteiger partial charge in [-0.15, -0.1) is 16.4 Å². The zero-order valence-electron chi connectivity index (χ0n) is 10.9. The Bertz CT molecular complexity index is 748. The van der Waals surface area contributed by atoms with Crippen molar-refractivity contribution in [3.63, 3.8) is 0 Å². The fourth-order valence-electron chi connectivity index (χ4n) is 2.35. The molecule has 0 unspecified atom stereocenters. The zero-order valence-corrected chi connectivity index (χ0v) is 11.8. The molecule has 2 atom stereocenters. The number of H-pyrrole nitrogens is 1. The minimum absolute atomic E-state index is 0.0557. The van der Waals surface area contributed by atoms with Crippen LogP contribution in [0.4, 0.5) is 5.95 Å². The lowest BCUT2D eigenvalue weighted by Crippen LogP contribution is -2.15. The fourth-order valence-corrected chi connectivity index (χ4v) is 3.01. The highest BCUT2D eigenvalue weighted by atomic mass is 32.1. The number of aromatic amines is 1. The summed E-state index contributed by atoms with van der Waals surface area (Å²) < 4.78 is 5.33. The van der Waals surface area contributed by atoms with Gasteiger partial charge >= 0.3 is 0 Å². The van der Waals surface area contributed by atoms with Crippen LogP contribution in [0, 0.1) is 5.92 Å². The Morgan fingerprint density at radius 2 is 2.38 bits per heavy atom. The second-order valence-corrected chi connectivity index (χ2v) is 5.89. The van der Waals surface area contributed by atoms with Gasteiger partial charge in [0.1, 0.15) is 5.76 Å². The van der Waals surface area contributed by atoms with Crippen molar-refractivity contribution in [3.8, 4) is 10.7 Å². The average molecular weight is 300 g/mol. The Balaban J connectivity index is 1.42. The lowest BCUT2D eigenvalue weighted by Gasteiger charge is -1.98. The summed E-state index contributed by atoms with van der Waals surface area (Å²) in [5.41, 5.74) is 0. The van der Waals surface area contributed by atoms with E-state index in [1.54, 1.807) is 17.6 Å². The first kappa shape index (κ1) is 12.3. The maximum absolute atomic E-state index is 12.1. The summed E-state index contributed by atoms with van der Waals surface area (Å²) in [5, 5.41) is 11.6. The number of anilines is 1. The number of aromatic nitrogens is 3. The summed E-state index contributed by atoms with van der Waals surface area (Å²) in [6.07, 6.45) is 2.44. The number of hydrogen-bond donors (Lipinski definition) is 2. The Morgan fingerprint density at radius 3 is 3.14 bits per heavy atom. The van der Waals surface area contributed by atoms with E-state index in [2.05, 4.69) is 20.5 Å². The van der Waals surface area contributed by atoms with Gasteiger partial charge < -0.3 is 4.42 Å². The van der Waals surface area contributed by atoms with E-state index < -0.39 is 0 Å². The Morgan fingerprint density at radius 1 is 1.43 bits per heavy atom. The number of thiophene rings is 1. The van der Waals surface area contributed by atoms with Crippen LogP contribution in [0.2, 0.25) is 0 Å². The Kier molecular flexibility index (Phi) is 2.85. The second-order valence-electron chi connectivity index (χ2n) is 4.94. The van der Waals surface area contributed by atoms with Gasteiger partial charge in [-0.2, -0.15) is 4.98 Å². The fraction of sp³-hybridized carbons (Fsp3) is 0.214. The molecule has 0 spiro atoms. The van der Waals surface area contributed by atoms with Gasteiger partial charge in [-0.05, 0) is 30.0 Å². The molecule has 0 saturated heterocycles. The van der Waals surface area contributed by atoms with Crippen molar-refractivity contribution < 1.29 is 9.21 Å². The molecule has 2 N–H and O–H groups in total. The first-order valence-corrected chi connectivity index (χ1v) is 7.50. The molecule has 3 aromatic rings. The molecule has 1 fully saturated rings.